The first-order valence-electron chi connectivity index (χ1n) is 9.89. The van der Waals surface area contributed by atoms with Gasteiger partial charge in [0.25, 0.3) is 5.91 Å². The number of rotatable bonds is 8. The molecule has 162 valence electrons. The Labute approximate surface area is 180 Å². The Morgan fingerprint density at radius 1 is 1.23 bits per heavy atom. The van der Waals surface area contributed by atoms with Crippen molar-refractivity contribution in [3.05, 3.63) is 58.4 Å². The van der Waals surface area contributed by atoms with Gasteiger partial charge < -0.3 is 19.5 Å². The lowest BCUT2D eigenvalue weighted by molar-refractivity contribution is 0.0161. The molecule has 0 bridgehead atoms. The molecule has 0 radical (unpaired) electrons. The quantitative estimate of drug-likeness (QED) is 0.684. The summed E-state index contributed by atoms with van der Waals surface area (Å²) in [4.78, 5) is 14.8. The fraction of sp³-hybridized carbons (Fsp3) is 0.409. The van der Waals surface area contributed by atoms with Gasteiger partial charge in [-0.2, -0.15) is 0 Å². The number of nitrogens with one attached hydrogen (secondary N) is 1. The van der Waals surface area contributed by atoms with Crippen molar-refractivity contribution in [3.63, 3.8) is 0 Å². The van der Waals surface area contributed by atoms with Crippen LogP contribution in [0.5, 0.6) is 11.5 Å². The summed E-state index contributed by atoms with van der Waals surface area (Å²) in [5, 5.41) is 3.10. The third-order valence-electron chi connectivity index (χ3n) is 4.99. The number of ether oxygens (including phenoxy) is 3. The summed E-state index contributed by atoms with van der Waals surface area (Å²) in [7, 11) is 1.59. The third kappa shape index (κ3) is 5.41. The number of carbonyl (C=O) groups is 1. The van der Waals surface area contributed by atoms with Gasteiger partial charge in [-0.3, -0.25) is 9.69 Å². The third-order valence-corrected chi connectivity index (χ3v) is 5.23. The molecule has 6 nitrogen and oxygen atoms in total. The maximum Gasteiger partial charge on any atom is 0.254 e. The first-order valence-corrected chi connectivity index (χ1v) is 10.3. The van der Waals surface area contributed by atoms with E-state index in [0.717, 1.165) is 24.7 Å². The lowest BCUT2D eigenvalue weighted by Gasteiger charge is -2.35. The van der Waals surface area contributed by atoms with Crippen molar-refractivity contribution >= 4 is 17.5 Å². The highest BCUT2D eigenvalue weighted by Gasteiger charge is 2.25. The van der Waals surface area contributed by atoms with Crippen LogP contribution in [0.3, 0.4) is 0 Å². The minimum Gasteiger partial charge on any atom is -0.493 e. The van der Waals surface area contributed by atoms with Crippen LogP contribution in [0.25, 0.3) is 0 Å². The molecule has 1 aliphatic rings. The second-order valence-corrected chi connectivity index (χ2v) is 7.28. The van der Waals surface area contributed by atoms with Crippen molar-refractivity contribution in [2.75, 3.05) is 46.6 Å². The van der Waals surface area contributed by atoms with Crippen molar-refractivity contribution in [2.24, 2.45) is 0 Å². The molecule has 3 rings (SSSR count). The van der Waals surface area contributed by atoms with Crippen LogP contribution < -0.4 is 14.8 Å². The summed E-state index contributed by atoms with van der Waals surface area (Å²) in [6.07, 6.45) is 0. The number of halogens is 2. The Kier molecular flexibility index (Phi) is 7.90. The van der Waals surface area contributed by atoms with Gasteiger partial charge in [0.1, 0.15) is 5.82 Å². The lowest BCUT2D eigenvalue weighted by Crippen LogP contribution is -2.44. The van der Waals surface area contributed by atoms with Gasteiger partial charge in [-0.15, -0.1) is 0 Å². The molecule has 8 heteroatoms. The molecule has 2 aromatic carbocycles. The average Bonchev–Trinajstić information content (AvgIpc) is 2.75. The average molecular weight is 437 g/mol. The van der Waals surface area contributed by atoms with Crippen LogP contribution in [0.1, 0.15) is 28.9 Å². The van der Waals surface area contributed by atoms with E-state index in [1.165, 1.54) is 12.1 Å². The summed E-state index contributed by atoms with van der Waals surface area (Å²) in [5.74, 6) is 0.158. The van der Waals surface area contributed by atoms with Crippen molar-refractivity contribution in [1.82, 2.24) is 10.2 Å². The maximum atomic E-state index is 14.1. The van der Waals surface area contributed by atoms with E-state index in [1.54, 1.807) is 7.11 Å². The molecule has 1 atom stereocenters. The fourth-order valence-corrected chi connectivity index (χ4v) is 3.63. The second kappa shape index (κ2) is 10.6. The second-order valence-electron chi connectivity index (χ2n) is 6.84. The highest BCUT2D eigenvalue weighted by atomic mass is 35.5. The first-order chi connectivity index (χ1) is 14.5. The number of nitrogens with zero attached hydrogens (tertiary/aromatic N) is 1. The van der Waals surface area contributed by atoms with Crippen LogP contribution in [0.4, 0.5) is 4.39 Å². The van der Waals surface area contributed by atoms with Gasteiger partial charge in [0, 0.05) is 24.7 Å². The van der Waals surface area contributed by atoms with Crippen molar-refractivity contribution in [2.45, 2.75) is 13.0 Å². The Balaban J connectivity index is 1.81. The normalized spacial score (nSPS) is 15.5. The molecule has 0 aromatic heterocycles. The smallest absolute Gasteiger partial charge is 0.254 e. The Morgan fingerprint density at radius 3 is 2.67 bits per heavy atom. The van der Waals surface area contributed by atoms with Gasteiger partial charge >= 0.3 is 0 Å². The lowest BCUT2D eigenvalue weighted by atomic mass is 10.0. The van der Waals surface area contributed by atoms with Crippen LogP contribution in [-0.4, -0.2) is 57.4 Å². The summed E-state index contributed by atoms with van der Waals surface area (Å²) in [6, 6.07) is 9.63. The number of carbonyl (C=O) groups excluding carboxylic acids is 1. The topological polar surface area (TPSA) is 60.0 Å². The molecule has 0 spiro atoms. The summed E-state index contributed by atoms with van der Waals surface area (Å²) in [5.41, 5.74) is 0.929. The van der Waals surface area contributed by atoms with Gasteiger partial charge in [-0.1, -0.05) is 17.7 Å². The van der Waals surface area contributed by atoms with E-state index in [0.29, 0.717) is 37.9 Å². The molecule has 30 heavy (non-hydrogen) atoms. The number of hydrogen-bond donors (Lipinski definition) is 1. The van der Waals surface area contributed by atoms with E-state index >= 15 is 0 Å². The zero-order valence-electron chi connectivity index (χ0n) is 17.1. The molecule has 0 aliphatic carbocycles. The molecule has 1 N–H and O–H groups in total. The minimum atomic E-state index is -0.648. The molecular formula is C22H26ClFN2O4. The zero-order chi connectivity index (χ0) is 21.5. The van der Waals surface area contributed by atoms with Gasteiger partial charge in [-0.05, 0) is 42.8 Å². The van der Waals surface area contributed by atoms with Crippen molar-refractivity contribution in [1.29, 1.82) is 0 Å². The molecule has 2 aromatic rings. The van der Waals surface area contributed by atoms with Crippen LogP contribution in [-0.2, 0) is 4.74 Å². The predicted molar refractivity (Wildman–Crippen MR) is 113 cm³/mol. The molecule has 0 unspecified atom stereocenters. The highest BCUT2D eigenvalue weighted by Crippen LogP contribution is 2.32. The number of hydrogen-bond acceptors (Lipinski definition) is 5. The van der Waals surface area contributed by atoms with Gasteiger partial charge in [0.15, 0.2) is 11.5 Å². The molecule has 0 saturated carbocycles. The van der Waals surface area contributed by atoms with E-state index < -0.39 is 11.7 Å². The minimum absolute atomic E-state index is 0.0376. The molecular weight excluding hydrogens is 411 g/mol. The van der Waals surface area contributed by atoms with E-state index in [4.69, 9.17) is 25.8 Å². The Hall–Kier alpha value is -2.35. The molecule has 1 amide bonds. The molecule has 1 aliphatic heterocycles. The summed E-state index contributed by atoms with van der Waals surface area (Å²) < 4.78 is 30.7. The number of methoxy groups -OCH3 is 1. The predicted octanol–water partition coefficient (Wildman–Crippen LogP) is 3.69. The standard InChI is InChI=1S/C22H26ClFN2O4/c1-3-30-20-7-4-15(12-21(20)28-2)19(26-8-10-29-11-9-26)14-25-22(27)17-6-5-16(23)13-18(17)24/h4-7,12-13,19H,3,8-11,14H2,1-2H3,(H,25,27)/t19-/m1/s1. The number of amides is 1. The van der Waals surface area contributed by atoms with Crippen LogP contribution in [0.15, 0.2) is 36.4 Å². The van der Waals surface area contributed by atoms with Crippen LogP contribution >= 0.6 is 11.6 Å². The van der Waals surface area contributed by atoms with Crippen molar-refractivity contribution < 1.29 is 23.4 Å². The SMILES string of the molecule is CCOc1ccc([C@@H](CNC(=O)c2ccc(Cl)cc2F)N2CCOCC2)cc1OC. The summed E-state index contributed by atoms with van der Waals surface area (Å²) in [6.45, 7) is 5.43. The first kappa shape index (κ1) is 22.3. The maximum absolute atomic E-state index is 14.1. The van der Waals surface area contributed by atoms with Gasteiger partial charge in [0.05, 0.1) is 38.5 Å². The largest absolute Gasteiger partial charge is 0.493 e. The Bertz CT molecular complexity index is 874. The van der Waals surface area contributed by atoms with Crippen LogP contribution in [0.2, 0.25) is 5.02 Å². The Morgan fingerprint density at radius 2 is 2.00 bits per heavy atom. The van der Waals surface area contributed by atoms with Crippen molar-refractivity contribution in [3.8, 4) is 11.5 Å². The van der Waals surface area contributed by atoms with E-state index in [-0.39, 0.29) is 16.6 Å². The molecule has 1 heterocycles. The summed E-state index contributed by atoms with van der Waals surface area (Å²) >= 11 is 5.78. The number of benzene rings is 2. The monoisotopic (exact) mass is 436 g/mol. The zero-order valence-corrected chi connectivity index (χ0v) is 17.9. The van der Waals surface area contributed by atoms with Gasteiger partial charge in [0.2, 0.25) is 0 Å². The molecule has 1 fully saturated rings. The van der Waals surface area contributed by atoms with E-state index in [2.05, 4.69) is 10.2 Å². The highest BCUT2D eigenvalue weighted by molar-refractivity contribution is 6.30. The fourth-order valence-electron chi connectivity index (χ4n) is 3.47. The number of morpholine rings is 1. The van der Waals surface area contributed by atoms with Crippen LogP contribution in [0, 0.1) is 5.82 Å². The van der Waals surface area contributed by atoms with Gasteiger partial charge in [-0.25, -0.2) is 4.39 Å². The van der Waals surface area contributed by atoms with E-state index in [1.807, 2.05) is 25.1 Å². The van der Waals surface area contributed by atoms with E-state index in [9.17, 15) is 9.18 Å². The molecule has 1 saturated heterocycles.